The van der Waals surface area contributed by atoms with Crippen LogP contribution in [0.1, 0.15) is 19.8 Å². The summed E-state index contributed by atoms with van der Waals surface area (Å²) in [7, 11) is 0. The fraction of sp³-hybridized carbons (Fsp3) is 0.500. The molecule has 0 aromatic heterocycles. The third kappa shape index (κ3) is 5.82. The Morgan fingerprint density at radius 1 is 1.78 bits per heavy atom. The lowest BCUT2D eigenvalue weighted by Gasteiger charge is -1.93. The molecule has 0 aliphatic rings. The lowest BCUT2D eigenvalue weighted by atomic mass is 10.3. The molecule has 0 saturated heterocycles. The molecule has 0 spiro atoms. The molecule has 0 heterocycles. The van der Waals surface area contributed by atoms with Crippen LogP contribution in [0.2, 0.25) is 0 Å². The van der Waals surface area contributed by atoms with Gasteiger partial charge in [0.25, 0.3) is 0 Å². The van der Waals surface area contributed by atoms with E-state index in [-0.39, 0.29) is 5.91 Å². The molecule has 3 heteroatoms. The summed E-state index contributed by atoms with van der Waals surface area (Å²) in [5.74, 6) is 0.0883. The highest BCUT2D eigenvalue weighted by Crippen LogP contribution is 1.86. The minimum Gasteiger partial charge on any atom is -0.332 e. The second-order valence-corrected chi connectivity index (χ2v) is 2.33. The van der Waals surface area contributed by atoms with Crippen LogP contribution in [0, 0.1) is 0 Å². The van der Waals surface area contributed by atoms with Crippen molar-refractivity contribution in [3.63, 3.8) is 0 Å². The molecule has 0 rings (SSSR count). The molecule has 0 unspecified atom stereocenters. The van der Waals surface area contributed by atoms with Crippen LogP contribution in [0.4, 0.5) is 0 Å². The first-order chi connectivity index (χ1) is 4.31. The second-order valence-electron chi connectivity index (χ2n) is 1.61. The predicted octanol–water partition coefficient (Wildman–Crippen LogP) is 1.81. The highest BCUT2D eigenvalue weighted by molar-refractivity contribution is 14.1. The van der Waals surface area contributed by atoms with Crippen LogP contribution in [0.15, 0.2) is 10.3 Å². The summed E-state index contributed by atoms with van der Waals surface area (Å²) >= 11 is 2.05. The van der Waals surface area contributed by atoms with E-state index in [4.69, 9.17) is 0 Å². The van der Waals surface area contributed by atoms with Crippen molar-refractivity contribution in [1.82, 2.24) is 5.32 Å². The number of amides is 1. The van der Waals surface area contributed by atoms with Crippen molar-refractivity contribution in [2.75, 3.05) is 0 Å². The summed E-state index contributed by atoms with van der Waals surface area (Å²) in [6, 6.07) is 0. The van der Waals surface area contributed by atoms with Gasteiger partial charge in [0.15, 0.2) is 0 Å². The van der Waals surface area contributed by atoms with E-state index >= 15 is 0 Å². The van der Waals surface area contributed by atoms with Crippen molar-refractivity contribution in [3.8, 4) is 0 Å². The lowest BCUT2D eigenvalue weighted by Crippen LogP contribution is -2.15. The molecule has 0 radical (unpaired) electrons. The maximum atomic E-state index is 10.6. The lowest BCUT2D eigenvalue weighted by molar-refractivity contribution is -0.120. The number of halogens is 1. The minimum atomic E-state index is 0.0883. The van der Waals surface area contributed by atoms with Crippen molar-refractivity contribution in [2.45, 2.75) is 19.8 Å². The molecule has 1 N–H and O–H groups in total. The largest absolute Gasteiger partial charge is 0.332 e. The molecular formula is C6H10INO. The van der Waals surface area contributed by atoms with Crippen LogP contribution in [-0.4, -0.2) is 5.91 Å². The Labute approximate surface area is 68.8 Å². The van der Waals surface area contributed by atoms with Gasteiger partial charge in [-0.15, -0.1) is 0 Å². The Morgan fingerprint density at radius 3 is 2.89 bits per heavy atom. The Morgan fingerprint density at radius 2 is 2.44 bits per heavy atom. The van der Waals surface area contributed by atoms with Crippen molar-refractivity contribution in [2.24, 2.45) is 0 Å². The van der Waals surface area contributed by atoms with Gasteiger partial charge in [0.05, 0.1) is 0 Å². The van der Waals surface area contributed by atoms with Gasteiger partial charge in [-0.1, -0.05) is 29.5 Å². The van der Waals surface area contributed by atoms with Gasteiger partial charge >= 0.3 is 0 Å². The molecule has 9 heavy (non-hydrogen) atoms. The topological polar surface area (TPSA) is 29.1 Å². The van der Waals surface area contributed by atoms with E-state index in [0.717, 1.165) is 6.42 Å². The number of carbonyl (C=O) groups is 1. The van der Waals surface area contributed by atoms with E-state index in [0.29, 0.717) is 6.42 Å². The van der Waals surface area contributed by atoms with Crippen LogP contribution < -0.4 is 5.32 Å². The summed E-state index contributed by atoms with van der Waals surface area (Å²) in [6.07, 6.45) is 3.15. The molecule has 52 valence electrons. The molecule has 0 aromatic rings. The maximum Gasteiger partial charge on any atom is 0.223 e. The quantitative estimate of drug-likeness (QED) is 0.747. The van der Waals surface area contributed by atoms with Gasteiger partial charge in [-0.05, 0) is 10.5 Å². The zero-order chi connectivity index (χ0) is 7.11. The van der Waals surface area contributed by atoms with Gasteiger partial charge in [-0.25, -0.2) is 0 Å². The Hall–Kier alpha value is -0.0600. The van der Waals surface area contributed by atoms with Gasteiger partial charge in [0, 0.05) is 12.6 Å². The molecule has 0 atom stereocenters. The fourth-order valence-electron chi connectivity index (χ4n) is 0.424. The molecule has 0 fully saturated rings. The van der Waals surface area contributed by atoms with Crippen LogP contribution in [-0.2, 0) is 4.79 Å². The molecule has 0 aliphatic heterocycles. The first-order valence-corrected chi connectivity index (χ1v) is 4.10. The zero-order valence-corrected chi connectivity index (χ0v) is 7.51. The van der Waals surface area contributed by atoms with Crippen molar-refractivity contribution in [1.29, 1.82) is 0 Å². The highest BCUT2D eigenvalue weighted by Gasteiger charge is 1.92. The third-order valence-corrected chi connectivity index (χ3v) is 1.14. The van der Waals surface area contributed by atoms with Crippen LogP contribution >= 0.6 is 22.6 Å². The summed E-state index contributed by atoms with van der Waals surface area (Å²) in [5, 5.41) is 2.61. The van der Waals surface area contributed by atoms with E-state index in [2.05, 4.69) is 27.9 Å². The van der Waals surface area contributed by atoms with Crippen molar-refractivity contribution >= 4 is 28.5 Å². The molecular weight excluding hydrogens is 229 g/mol. The average Bonchev–Trinajstić information content (AvgIpc) is 1.85. The fourth-order valence-corrected chi connectivity index (χ4v) is 0.603. The van der Waals surface area contributed by atoms with E-state index < -0.39 is 0 Å². The molecule has 0 aromatic carbocycles. The number of nitrogens with one attached hydrogen (secondary N) is 1. The van der Waals surface area contributed by atoms with Crippen LogP contribution in [0.3, 0.4) is 0 Å². The van der Waals surface area contributed by atoms with E-state index in [9.17, 15) is 4.79 Å². The van der Waals surface area contributed by atoms with Crippen LogP contribution in [0.5, 0.6) is 0 Å². The predicted molar refractivity (Wildman–Crippen MR) is 46.2 cm³/mol. The molecule has 1 amide bonds. The van der Waals surface area contributed by atoms with E-state index in [1.807, 2.05) is 6.92 Å². The van der Waals surface area contributed by atoms with E-state index in [1.165, 1.54) is 0 Å². The first-order valence-electron chi connectivity index (χ1n) is 2.86. The highest BCUT2D eigenvalue weighted by atomic mass is 127. The van der Waals surface area contributed by atoms with Crippen molar-refractivity contribution in [3.05, 3.63) is 10.3 Å². The van der Waals surface area contributed by atoms with Gasteiger partial charge < -0.3 is 5.32 Å². The second kappa shape index (κ2) is 6.07. The number of carbonyl (C=O) groups excluding carboxylic acids is 1. The Balaban J connectivity index is 3.27. The maximum absolute atomic E-state index is 10.6. The average molecular weight is 239 g/mol. The molecule has 0 bridgehead atoms. The molecule has 2 nitrogen and oxygen atoms in total. The third-order valence-electron chi connectivity index (χ3n) is 0.784. The summed E-state index contributed by atoms with van der Waals surface area (Å²) in [5.41, 5.74) is 0. The summed E-state index contributed by atoms with van der Waals surface area (Å²) in [6.45, 7) is 1.98. The first kappa shape index (κ1) is 8.94. The summed E-state index contributed by atoms with van der Waals surface area (Å²) < 4.78 is 1.77. The Kier molecular flexibility index (Phi) is 6.03. The van der Waals surface area contributed by atoms with E-state index in [1.54, 1.807) is 10.3 Å². The normalized spacial score (nSPS) is 10.0. The van der Waals surface area contributed by atoms with Crippen molar-refractivity contribution < 1.29 is 4.79 Å². The van der Waals surface area contributed by atoms with Crippen LogP contribution in [0.25, 0.3) is 0 Å². The molecule has 0 saturated carbocycles. The number of hydrogen-bond donors (Lipinski definition) is 1. The monoisotopic (exact) mass is 239 g/mol. The number of rotatable bonds is 3. The SMILES string of the molecule is CCCC(=O)N/C=C\I. The van der Waals surface area contributed by atoms with Gasteiger partial charge in [-0.3, -0.25) is 4.79 Å². The Bertz CT molecular complexity index is 112. The summed E-state index contributed by atoms with van der Waals surface area (Å²) in [4.78, 5) is 10.6. The molecule has 0 aliphatic carbocycles. The zero-order valence-electron chi connectivity index (χ0n) is 5.36. The number of hydrogen-bond acceptors (Lipinski definition) is 1. The van der Waals surface area contributed by atoms with Gasteiger partial charge in [0.2, 0.25) is 5.91 Å². The van der Waals surface area contributed by atoms with Gasteiger partial charge in [-0.2, -0.15) is 0 Å². The van der Waals surface area contributed by atoms with Gasteiger partial charge in [0.1, 0.15) is 0 Å². The smallest absolute Gasteiger partial charge is 0.223 e. The standard InChI is InChI=1S/C6H10INO/c1-2-3-6(9)8-5-4-7/h4-5H,2-3H2,1H3,(H,8,9)/b5-4-. The minimum absolute atomic E-state index is 0.0883.